The fraction of sp³-hybridized carbons (Fsp3) is 0.154. The molecule has 3 aromatic carbocycles. The highest BCUT2D eigenvalue weighted by Crippen LogP contribution is 2.27. The van der Waals surface area contributed by atoms with Crippen LogP contribution in [0.15, 0.2) is 71.5 Å². The maximum Gasteiger partial charge on any atom is 0.258 e. The highest BCUT2D eigenvalue weighted by Gasteiger charge is 2.22. The van der Waals surface area contributed by atoms with Gasteiger partial charge in [-0.2, -0.15) is 0 Å². The first kappa shape index (κ1) is 20.9. The third-order valence-electron chi connectivity index (χ3n) is 5.68. The number of hydrogen-bond acceptors (Lipinski definition) is 2. The summed E-state index contributed by atoms with van der Waals surface area (Å²) in [6.07, 6.45) is 0. The van der Waals surface area contributed by atoms with E-state index in [0.717, 1.165) is 33.3 Å². The molecule has 5 heteroatoms. The first-order chi connectivity index (χ1) is 14.8. The fourth-order valence-electron chi connectivity index (χ4n) is 3.79. The molecule has 0 unspecified atom stereocenters. The predicted molar refractivity (Wildman–Crippen MR) is 127 cm³/mol. The minimum Gasteiger partial charge on any atom is -0.321 e. The highest BCUT2D eigenvalue weighted by atomic mass is 35.5. The van der Waals surface area contributed by atoms with Crippen molar-refractivity contribution in [2.45, 2.75) is 27.3 Å². The zero-order valence-electron chi connectivity index (χ0n) is 17.7. The second-order valence-corrected chi connectivity index (χ2v) is 8.22. The van der Waals surface area contributed by atoms with Crippen LogP contribution < -0.4 is 10.5 Å². The summed E-state index contributed by atoms with van der Waals surface area (Å²) in [5.41, 5.74) is 5.45. The van der Waals surface area contributed by atoms with Crippen molar-refractivity contribution in [3.63, 3.8) is 0 Å². The molecule has 4 nitrogen and oxygen atoms in total. The number of carbonyl (C=O) groups excluding carboxylic acids is 1. The van der Waals surface area contributed by atoms with Gasteiger partial charge in [-0.3, -0.25) is 9.59 Å². The van der Waals surface area contributed by atoms with Crippen molar-refractivity contribution in [3.05, 3.63) is 110 Å². The van der Waals surface area contributed by atoms with E-state index in [4.69, 9.17) is 11.6 Å². The Bertz CT molecular complexity index is 1360. The lowest BCUT2D eigenvalue weighted by molar-refractivity contribution is 0.0985. The van der Waals surface area contributed by atoms with Crippen LogP contribution in [-0.4, -0.2) is 10.9 Å². The van der Waals surface area contributed by atoms with Gasteiger partial charge in [-0.25, -0.2) is 0 Å². The first-order valence-corrected chi connectivity index (χ1v) is 10.5. The standard InChI is InChI=1S/C26H23ClN2O2/c1-16-7-5-12-23(18(16)3)29(26(31)20-10-6-11-22(27)14-20)15-21-13-19-9-4-8-17(2)24(19)28-25(21)30/h4-14H,15H2,1-3H3,(H,28,30). The number of benzene rings is 3. The number of aryl methyl sites for hydroxylation is 2. The number of nitrogens with one attached hydrogen (secondary N) is 1. The van der Waals surface area contributed by atoms with Gasteiger partial charge in [0.25, 0.3) is 11.5 Å². The molecule has 4 rings (SSSR count). The van der Waals surface area contributed by atoms with Crippen molar-refractivity contribution in [2.24, 2.45) is 0 Å². The number of aromatic nitrogens is 1. The summed E-state index contributed by atoms with van der Waals surface area (Å²) >= 11 is 6.14. The van der Waals surface area contributed by atoms with Crippen molar-refractivity contribution >= 4 is 34.1 Å². The van der Waals surface area contributed by atoms with Gasteiger partial charge in [-0.05, 0) is 73.2 Å². The van der Waals surface area contributed by atoms with E-state index in [-0.39, 0.29) is 18.0 Å². The smallest absolute Gasteiger partial charge is 0.258 e. The number of amides is 1. The second-order valence-electron chi connectivity index (χ2n) is 7.78. The van der Waals surface area contributed by atoms with E-state index in [1.54, 1.807) is 29.2 Å². The van der Waals surface area contributed by atoms with Gasteiger partial charge in [0.1, 0.15) is 0 Å². The summed E-state index contributed by atoms with van der Waals surface area (Å²) in [5, 5.41) is 1.43. The molecule has 1 amide bonds. The Kier molecular flexibility index (Phi) is 5.66. The van der Waals surface area contributed by atoms with Crippen LogP contribution in [0.25, 0.3) is 10.9 Å². The third-order valence-corrected chi connectivity index (χ3v) is 5.91. The number of fused-ring (bicyclic) bond motifs is 1. The molecule has 4 aromatic rings. The summed E-state index contributed by atoms with van der Waals surface area (Å²) in [5.74, 6) is -0.208. The highest BCUT2D eigenvalue weighted by molar-refractivity contribution is 6.31. The normalized spacial score (nSPS) is 11.0. The van der Waals surface area contributed by atoms with E-state index >= 15 is 0 Å². The van der Waals surface area contributed by atoms with Gasteiger partial charge in [0.2, 0.25) is 0 Å². The number of aromatic amines is 1. The first-order valence-electron chi connectivity index (χ1n) is 10.1. The third kappa shape index (κ3) is 4.12. The molecule has 31 heavy (non-hydrogen) atoms. The van der Waals surface area contributed by atoms with Gasteiger partial charge in [0.15, 0.2) is 0 Å². The molecule has 0 spiro atoms. The van der Waals surface area contributed by atoms with Crippen molar-refractivity contribution in [3.8, 4) is 0 Å². The Morgan fingerprint density at radius 2 is 1.65 bits per heavy atom. The molecule has 1 aromatic heterocycles. The molecule has 0 atom stereocenters. The number of pyridine rings is 1. The van der Waals surface area contributed by atoms with Gasteiger partial charge in [-0.15, -0.1) is 0 Å². The molecule has 0 radical (unpaired) electrons. The van der Waals surface area contributed by atoms with Crippen molar-refractivity contribution < 1.29 is 4.79 Å². The lowest BCUT2D eigenvalue weighted by Crippen LogP contribution is -2.33. The van der Waals surface area contributed by atoms with Crippen molar-refractivity contribution in [1.29, 1.82) is 0 Å². The molecular formula is C26H23ClN2O2. The molecule has 1 heterocycles. The van der Waals surface area contributed by atoms with Crippen LogP contribution in [-0.2, 0) is 6.54 Å². The summed E-state index contributed by atoms with van der Waals surface area (Å²) in [7, 11) is 0. The number of carbonyl (C=O) groups is 1. The van der Waals surface area contributed by atoms with E-state index in [0.29, 0.717) is 16.1 Å². The maximum atomic E-state index is 13.5. The number of para-hydroxylation sites is 1. The van der Waals surface area contributed by atoms with E-state index in [1.165, 1.54) is 0 Å². The van der Waals surface area contributed by atoms with Crippen LogP contribution in [0, 0.1) is 20.8 Å². The van der Waals surface area contributed by atoms with E-state index in [2.05, 4.69) is 4.98 Å². The predicted octanol–water partition coefficient (Wildman–Crippen LogP) is 5.95. The van der Waals surface area contributed by atoms with Gasteiger partial charge in [0, 0.05) is 21.8 Å². The Labute approximate surface area is 186 Å². The molecule has 156 valence electrons. The largest absolute Gasteiger partial charge is 0.321 e. The zero-order valence-corrected chi connectivity index (χ0v) is 18.5. The molecule has 0 aliphatic heterocycles. The molecule has 0 saturated carbocycles. The summed E-state index contributed by atoms with van der Waals surface area (Å²) in [4.78, 5) is 31.1. The Morgan fingerprint density at radius 1 is 0.935 bits per heavy atom. The van der Waals surface area contributed by atoms with Crippen LogP contribution in [0.2, 0.25) is 5.02 Å². The average Bonchev–Trinajstić information content (AvgIpc) is 2.75. The van der Waals surface area contributed by atoms with Gasteiger partial charge < -0.3 is 9.88 Å². The number of anilines is 1. The SMILES string of the molecule is Cc1cccc(N(Cc2cc3cccc(C)c3[nH]c2=O)C(=O)c2cccc(Cl)c2)c1C. The lowest BCUT2D eigenvalue weighted by atomic mass is 10.0. The molecule has 0 bridgehead atoms. The number of rotatable bonds is 4. The monoisotopic (exact) mass is 430 g/mol. The Balaban J connectivity index is 1.84. The summed E-state index contributed by atoms with van der Waals surface area (Å²) < 4.78 is 0. The molecular weight excluding hydrogens is 408 g/mol. The molecule has 0 aliphatic rings. The number of halogens is 1. The van der Waals surface area contributed by atoms with E-state index < -0.39 is 0 Å². The summed E-state index contributed by atoms with van der Waals surface area (Å²) in [6, 6.07) is 20.5. The molecule has 0 aliphatic carbocycles. The second kappa shape index (κ2) is 8.40. The van der Waals surface area contributed by atoms with Crippen molar-refractivity contribution in [1.82, 2.24) is 4.98 Å². The van der Waals surface area contributed by atoms with E-state index in [9.17, 15) is 9.59 Å². The lowest BCUT2D eigenvalue weighted by Gasteiger charge is -2.25. The number of hydrogen-bond donors (Lipinski definition) is 1. The van der Waals surface area contributed by atoms with Crippen LogP contribution >= 0.6 is 11.6 Å². The van der Waals surface area contributed by atoms with Crippen LogP contribution in [0.1, 0.15) is 32.6 Å². The fourth-order valence-corrected chi connectivity index (χ4v) is 3.98. The van der Waals surface area contributed by atoms with Gasteiger partial charge >= 0.3 is 0 Å². The Hall–Kier alpha value is -3.37. The number of H-pyrrole nitrogens is 1. The number of nitrogens with zero attached hydrogens (tertiary/aromatic N) is 1. The van der Waals surface area contributed by atoms with E-state index in [1.807, 2.05) is 63.2 Å². The average molecular weight is 431 g/mol. The maximum absolute atomic E-state index is 13.5. The van der Waals surface area contributed by atoms with Crippen LogP contribution in [0.3, 0.4) is 0 Å². The van der Waals surface area contributed by atoms with Crippen LogP contribution in [0.4, 0.5) is 5.69 Å². The van der Waals surface area contributed by atoms with Gasteiger partial charge in [-0.1, -0.05) is 48.0 Å². The minimum atomic E-state index is -0.208. The van der Waals surface area contributed by atoms with Crippen molar-refractivity contribution in [2.75, 3.05) is 4.90 Å². The molecule has 1 N–H and O–H groups in total. The molecule has 0 saturated heterocycles. The van der Waals surface area contributed by atoms with Crippen LogP contribution in [0.5, 0.6) is 0 Å². The quantitative estimate of drug-likeness (QED) is 0.434. The van der Waals surface area contributed by atoms with Gasteiger partial charge in [0.05, 0.1) is 12.1 Å². The minimum absolute atomic E-state index is 0.148. The summed E-state index contributed by atoms with van der Waals surface area (Å²) in [6.45, 7) is 6.10. The zero-order chi connectivity index (χ0) is 22.1. The molecule has 0 fully saturated rings. The topological polar surface area (TPSA) is 53.2 Å². The Morgan fingerprint density at radius 3 is 2.42 bits per heavy atom.